The van der Waals surface area contributed by atoms with Crippen molar-refractivity contribution in [2.75, 3.05) is 5.75 Å². The summed E-state index contributed by atoms with van der Waals surface area (Å²) >= 11 is 0. The van der Waals surface area contributed by atoms with Crippen LogP contribution in [0, 0.1) is 10.1 Å². The van der Waals surface area contributed by atoms with Crippen molar-refractivity contribution in [1.29, 1.82) is 0 Å². The summed E-state index contributed by atoms with van der Waals surface area (Å²) in [5.41, 5.74) is 5.49. The molecule has 0 bridgehead atoms. The van der Waals surface area contributed by atoms with Gasteiger partial charge in [-0.15, -0.1) is 0 Å². The van der Waals surface area contributed by atoms with Gasteiger partial charge < -0.3 is 11.1 Å². The van der Waals surface area contributed by atoms with Crippen LogP contribution in [0.5, 0.6) is 0 Å². The molecule has 9 nitrogen and oxygen atoms in total. The number of amides is 2. The number of benzene rings is 2. The Kier molecular flexibility index (Phi) is 6.83. The van der Waals surface area contributed by atoms with Crippen LogP contribution in [-0.4, -0.2) is 37.0 Å². The van der Waals surface area contributed by atoms with Crippen LogP contribution in [0.2, 0.25) is 0 Å². The molecule has 0 aliphatic rings. The number of nitrogens with one attached hydrogen (secondary N) is 1. The molecule has 0 fully saturated rings. The second-order valence-electron chi connectivity index (χ2n) is 6.05. The first-order valence-corrected chi connectivity index (χ1v) is 9.94. The highest BCUT2D eigenvalue weighted by molar-refractivity contribution is 7.91. The molecule has 0 aliphatic heterocycles. The molecular formula is C18H19N3O6S. The quantitative estimate of drug-likeness (QED) is 0.469. The molecule has 2 rings (SSSR count). The highest BCUT2D eigenvalue weighted by Crippen LogP contribution is 2.14. The van der Waals surface area contributed by atoms with Crippen LogP contribution in [0.3, 0.4) is 0 Å². The van der Waals surface area contributed by atoms with E-state index in [0.29, 0.717) is 5.56 Å². The minimum absolute atomic E-state index is 0.112. The average molecular weight is 405 g/mol. The normalized spacial score (nSPS) is 12.1. The molecule has 0 aliphatic carbocycles. The van der Waals surface area contributed by atoms with Gasteiger partial charge in [0.2, 0.25) is 11.8 Å². The van der Waals surface area contributed by atoms with Gasteiger partial charge in [0.25, 0.3) is 5.69 Å². The first-order valence-electron chi connectivity index (χ1n) is 8.29. The van der Waals surface area contributed by atoms with E-state index in [4.69, 9.17) is 5.73 Å². The van der Waals surface area contributed by atoms with Crippen molar-refractivity contribution in [3.05, 3.63) is 70.3 Å². The summed E-state index contributed by atoms with van der Waals surface area (Å²) < 4.78 is 24.6. The van der Waals surface area contributed by atoms with E-state index in [1.54, 1.807) is 18.2 Å². The number of nitrogens with two attached hydrogens (primary N) is 1. The van der Waals surface area contributed by atoms with E-state index in [0.717, 1.165) is 0 Å². The third-order valence-corrected chi connectivity index (χ3v) is 5.71. The molecular weight excluding hydrogens is 386 g/mol. The summed E-state index contributed by atoms with van der Waals surface area (Å²) in [7, 11) is -3.63. The largest absolute Gasteiger partial charge is 0.368 e. The van der Waals surface area contributed by atoms with Crippen LogP contribution in [0.15, 0.2) is 59.5 Å². The maximum absolute atomic E-state index is 12.3. The lowest BCUT2D eigenvalue weighted by molar-refractivity contribution is -0.384. The van der Waals surface area contributed by atoms with Crippen molar-refractivity contribution in [2.24, 2.45) is 5.73 Å². The number of hydrogen-bond donors (Lipinski definition) is 2. The summed E-state index contributed by atoms with van der Waals surface area (Å²) in [5, 5.41) is 13.2. The zero-order chi connectivity index (χ0) is 20.7. The predicted octanol–water partition coefficient (Wildman–Crippen LogP) is 0.971. The fourth-order valence-corrected chi connectivity index (χ4v) is 3.87. The fourth-order valence-electron chi connectivity index (χ4n) is 2.51. The number of non-ortho nitro benzene ring substituents is 1. The van der Waals surface area contributed by atoms with E-state index in [9.17, 15) is 28.1 Å². The summed E-state index contributed by atoms with van der Waals surface area (Å²) in [5.74, 6) is -1.83. The summed E-state index contributed by atoms with van der Waals surface area (Å²) in [6.45, 7) is 0. The molecule has 0 radical (unpaired) electrons. The Morgan fingerprint density at radius 1 is 1.11 bits per heavy atom. The summed E-state index contributed by atoms with van der Waals surface area (Å²) in [6.07, 6.45) is -0.399. The standard InChI is InChI=1S/C18H19N3O6S/c19-18(23)16(9-10-28(26,27)15-7-2-1-3-8-15)20-17(22)12-13-5-4-6-14(11-13)21(24)25/h1-8,11,16H,9-10,12H2,(H2,19,23)(H,20,22)/t16-/m0/s1. The second-order valence-corrected chi connectivity index (χ2v) is 8.16. The number of sulfone groups is 1. The molecule has 3 N–H and O–H groups in total. The van der Waals surface area contributed by atoms with E-state index in [1.165, 1.54) is 36.4 Å². The van der Waals surface area contributed by atoms with Crippen molar-refractivity contribution in [3.8, 4) is 0 Å². The molecule has 0 aromatic heterocycles. The van der Waals surface area contributed by atoms with Crippen LogP contribution in [-0.2, 0) is 25.8 Å². The van der Waals surface area contributed by atoms with Crippen molar-refractivity contribution in [3.63, 3.8) is 0 Å². The minimum atomic E-state index is -3.63. The van der Waals surface area contributed by atoms with Crippen molar-refractivity contribution in [1.82, 2.24) is 5.32 Å². The van der Waals surface area contributed by atoms with E-state index in [-0.39, 0.29) is 29.2 Å². The van der Waals surface area contributed by atoms with Gasteiger partial charge >= 0.3 is 0 Å². The number of primary amides is 1. The number of nitrogens with zero attached hydrogens (tertiary/aromatic N) is 1. The van der Waals surface area contributed by atoms with Gasteiger partial charge in [-0.2, -0.15) is 0 Å². The molecule has 2 aromatic carbocycles. The molecule has 0 unspecified atom stereocenters. The van der Waals surface area contributed by atoms with Crippen LogP contribution in [0.1, 0.15) is 12.0 Å². The average Bonchev–Trinajstić information content (AvgIpc) is 2.65. The zero-order valence-corrected chi connectivity index (χ0v) is 15.6. The third-order valence-electron chi connectivity index (χ3n) is 3.94. The van der Waals surface area contributed by atoms with E-state index < -0.39 is 32.6 Å². The molecule has 10 heteroatoms. The van der Waals surface area contributed by atoms with Gasteiger partial charge in [0.05, 0.1) is 22.0 Å². The van der Waals surface area contributed by atoms with Crippen LogP contribution in [0.25, 0.3) is 0 Å². The van der Waals surface area contributed by atoms with E-state index >= 15 is 0 Å². The smallest absolute Gasteiger partial charge is 0.269 e. The Labute approximate surface area is 161 Å². The van der Waals surface area contributed by atoms with Gasteiger partial charge in [-0.05, 0) is 24.1 Å². The number of nitro groups is 1. The Hall–Kier alpha value is -3.27. The lowest BCUT2D eigenvalue weighted by Gasteiger charge is -2.15. The Morgan fingerprint density at radius 2 is 1.79 bits per heavy atom. The maximum Gasteiger partial charge on any atom is 0.269 e. The zero-order valence-electron chi connectivity index (χ0n) is 14.8. The maximum atomic E-state index is 12.3. The highest BCUT2D eigenvalue weighted by Gasteiger charge is 2.23. The summed E-state index contributed by atoms with van der Waals surface area (Å²) in [4.78, 5) is 34.1. The monoisotopic (exact) mass is 405 g/mol. The van der Waals surface area contributed by atoms with E-state index in [2.05, 4.69) is 5.32 Å². The van der Waals surface area contributed by atoms with Gasteiger partial charge in [-0.25, -0.2) is 8.42 Å². The molecule has 1 atom stereocenters. The molecule has 2 aromatic rings. The number of hydrogen-bond acceptors (Lipinski definition) is 6. The molecule has 0 spiro atoms. The number of rotatable bonds is 9. The summed E-state index contributed by atoms with van der Waals surface area (Å²) in [6, 6.07) is 12.1. The molecule has 0 saturated heterocycles. The number of carbonyl (C=O) groups excluding carboxylic acids is 2. The predicted molar refractivity (Wildman–Crippen MR) is 101 cm³/mol. The van der Waals surface area contributed by atoms with Crippen LogP contribution in [0.4, 0.5) is 5.69 Å². The Morgan fingerprint density at radius 3 is 2.39 bits per heavy atom. The van der Waals surface area contributed by atoms with Crippen LogP contribution >= 0.6 is 0 Å². The molecule has 0 saturated carbocycles. The fraction of sp³-hybridized carbons (Fsp3) is 0.222. The number of carbonyl (C=O) groups is 2. The van der Waals surface area contributed by atoms with Crippen molar-refractivity contribution < 1.29 is 22.9 Å². The topological polar surface area (TPSA) is 149 Å². The van der Waals surface area contributed by atoms with Crippen LogP contribution < -0.4 is 11.1 Å². The second kappa shape index (κ2) is 9.09. The van der Waals surface area contributed by atoms with Gasteiger partial charge in [0, 0.05) is 12.1 Å². The Balaban J connectivity index is 2.01. The molecule has 28 heavy (non-hydrogen) atoms. The van der Waals surface area contributed by atoms with Crippen molar-refractivity contribution in [2.45, 2.75) is 23.8 Å². The van der Waals surface area contributed by atoms with Crippen molar-refractivity contribution >= 4 is 27.3 Å². The highest BCUT2D eigenvalue weighted by atomic mass is 32.2. The van der Waals surface area contributed by atoms with Gasteiger partial charge in [-0.3, -0.25) is 19.7 Å². The third kappa shape index (κ3) is 5.88. The van der Waals surface area contributed by atoms with E-state index in [1.807, 2.05) is 0 Å². The first kappa shape index (κ1) is 21.0. The lowest BCUT2D eigenvalue weighted by Crippen LogP contribution is -2.45. The van der Waals surface area contributed by atoms with Gasteiger partial charge in [-0.1, -0.05) is 30.3 Å². The van der Waals surface area contributed by atoms with Gasteiger partial charge in [0.15, 0.2) is 9.84 Å². The van der Waals surface area contributed by atoms with Gasteiger partial charge in [0.1, 0.15) is 6.04 Å². The SMILES string of the molecule is NC(=O)[C@H](CCS(=O)(=O)c1ccccc1)NC(=O)Cc1cccc([N+](=O)[O-])c1. The molecule has 0 heterocycles. The lowest BCUT2D eigenvalue weighted by atomic mass is 10.1. The molecule has 148 valence electrons. The number of nitro benzene ring substituents is 1. The first-order chi connectivity index (χ1) is 13.2. The Bertz CT molecular complexity index is 976. The minimum Gasteiger partial charge on any atom is -0.368 e. The molecule has 2 amide bonds.